The second-order valence-electron chi connectivity index (χ2n) is 0.564. The van der Waals surface area contributed by atoms with Crippen molar-refractivity contribution in [2.75, 3.05) is 0 Å². The van der Waals surface area contributed by atoms with Crippen molar-refractivity contribution in [2.45, 2.75) is 6.36 Å². The minimum Gasteiger partial charge on any atom is -0.283 e. The van der Waals surface area contributed by atoms with E-state index in [1.165, 1.54) is 0 Å². The first kappa shape index (κ1) is 5.75. The summed E-state index contributed by atoms with van der Waals surface area (Å²) in [6, 6.07) is 0. The average Bonchev–Trinajstić information content (AvgIpc) is 1.35. The Bertz CT molecular complexity index is 38.5. The molecule has 0 aromatic heterocycles. The van der Waals surface area contributed by atoms with Crippen molar-refractivity contribution >= 4 is 0 Å². The van der Waals surface area contributed by atoms with E-state index in [4.69, 9.17) is 0 Å². The summed E-state index contributed by atoms with van der Waals surface area (Å²) in [6.07, 6.45) is -4.68. The zero-order valence-corrected chi connectivity index (χ0v) is 2.62. The molecule has 6 heavy (non-hydrogen) atoms. The van der Waals surface area contributed by atoms with Crippen LogP contribution >= 0.6 is 0 Å². The molecule has 0 aliphatic carbocycles. The van der Waals surface area contributed by atoms with Crippen LogP contribution in [0.2, 0.25) is 0 Å². The van der Waals surface area contributed by atoms with E-state index in [-0.39, 0.29) is 0 Å². The van der Waals surface area contributed by atoms with E-state index in [9.17, 15) is 13.2 Å². The molecule has 2 radical (unpaired) electrons. The lowest BCUT2D eigenvalue weighted by atomic mass is 11.3. The summed E-state index contributed by atoms with van der Waals surface area (Å²) in [5, 5.41) is 0. The molecule has 1 nitrogen and oxygen atoms in total. The number of hydrogen-bond donors (Lipinski definition) is 0. The second-order valence-corrected chi connectivity index (χ2v) is 0.564. The number of hydrogen-bond acceptors (Lipinski definition) is 1. The predicted octanol–water partition coefficient (Wildman–Crippen LogP) is 1.19. The fourth-order valence-electron chi connectivity index (χ4n) is 0. The molecule has 0 aromatic rings. The van der Waals surface area contributed by atoms with Gasteiger partial charge in [0, 0.05) is 0 Å². The van der Waals surface area contributed by atoms with Crippen LogP contribution in [-0.4, -0.2) is 6.36 Å². The molecule has 0 amide bonds. The summed E-state index contributed by atoms with van der Waals surface area (Å²) in [5.74, 6) is 0. The summed E-state index contributed by atoms with van der Waals surface area (Å²) in [4.78, 5) is 0. The third-order valence-electron chi connectivity index (χ3n) is 0.134. The molecule has 0 rings (SSSR count). The first-order chi connectivity index (χ1) is 2.56. The minimum atomic E-state index is -4.68. The van der Waals surface area contributed by atoms with E-state index in [1.54, 1.807) is 0 Å². The van der Waals surface area contributed by atoms with Crippen LogP contribution in [0.5, 0.6) is 0 Å². The van der Waals surface area contributed by atoms with Crippen molar-refractivity contribution in [1.29, 1.82) is 0 Å². The van der Waals surface area contributed by atoms with E-state index < -0.39 is 6.36 Å². The lowest BCUT2D eigenvalue weighted by Gasteiger charge is -1.96. The Balaban J connectivity index is 3.17. The van der Waals surface area contributed by atoms with Crippen molar-refractivity contribution < 1.29 is 17.9 Å². The molecule has 0 aliphatic rings. The van der Waals surface area contributed by atoms with Crippen molar-refractivity contribution in [3.05, 3.63) is 7.11 Å². The van der Waals surface area contributed by atoms with E-state index >= 15 is 0 Å². The SMILES string of the molecule is [CH]OC(F)(F)F. The topological polar surface area (TPSA) is 9.23 Å². The zero-order chi connectivity index (χ0) is 5.21. The Hall–Kier alpha value is -0.250. The van der Waals surface area contributed by atoms with Crippen LogP contribution in [0.4, 0.5) is 13.2 Å². The molecule has 0 spiro atoms. The fraction of sp³-hybridized carbons (Fsp3) is 0.500. The molecule has 36 valence electrons. The highest BCUT2D eigenvalue weighted by Gasteiger charge is 2.26. The molecule has 0 fully saturated rings. The largest absolute Gasteiger partial charge is 0.522 e. The van der Waals surface area contributed by atoms with Crippen LogP contribution in [0.15, 0.2) is 0 Å². The molecular formula is C2HF3O. The maximum Gasteiger partial charge on any atom is 0.522 e. The van der Waals surface area contributed by atoms with Crippen molar-refractivity contribution in [3.63, 3.8) is 0 Å². The third-order valence-corrected chi connectivity index (χ3v) is 0.134. The predicted molar refractivity (Wildman–Crippen MR) is 11.4 cm³/mol. The molecule has 0 saturated heterocycles. The number of alkyl halides is 3. The molecule has 0 bridgehead atoms. The van der Waals surface area contributed by atoms with Gasteiger partial charge in [0.15, 0.2) is 0 Å². The van der Waals surface area contributed by atoms with E-state index in [0.717, 1.165) is 0 Å². The van der Waals surface area contributed by atoms with E-state index in [0.29, 0.717) is 0 Å². The van der Waals surface area contributed by atoms with Crippen molar-refractivity contribution in [2.24, 2.45) is 0 Å². The van der Waals surface area contributed by atoms with Gasteiger partial charge in [0.2, 0.25) is 0 Å². The summed E-state index contributed by atoms with van der Waals surface area (Å²) in [6.45, 7) is 0. The quantitative estimate of drug-likeness (QED) is 0.442. The molecule has 0 aliphatic heterocycles. The van der Waals surface area contributed by atoms with E-state index in [2.05, 4.69) is 11.8 Å². The number of halogens is 3. The van der Waals surface area contributed by atoms with Gasteiger partial charge in [0.1, 0.15) is 7.11 Å². The Kier molecular flexibility index (Phi) is 1.40. The van der Waals surface area contributed by atoms with Crippen LogP contribution in [-0.2, 0) is 4.74 Å². The van der Waals surface area contributed by atoms with Crippen molar-refractivity contribution in [3.8, 4) is 0 Å². The van der Waals surface area contributed by atoms with Gasteiger partial charge in [-0.3, -0.25) is 4.74 Å². The Labute approximate surface area is 32.7 Å². The molecule has 0 N–H and O–H groups in total. The maximum absolute atomic E-state index is 10.4. The number of ether oxygens (including phenoxy) is 1. The molecule has 0 atom stereocenters. The molecular weight excluding hydrogens is 97.0 g/mol. The first-order valence-electron chi connectivity index (χ1n) is 1.01. The van der Waals surface area contributed by atoms with E-state index in [1.807, 2.05) is 0 Å². The van der Waals surface area contributed by atoms with Gasteiger partial charge in [-0.2, -0.15) is 0 Å². The lowest BCUT2D eigenvalue weighted by molar-refractivity contribution is -0.300. The van der Waals surface area contributed by atoms with Gasteiger partial charge in [-0.15, -0.1) is 13.2 Å². The smallest absolute Gasteiger partial charge is 0.283 e. The highest BCUT2D eigenvalue weighted by molar-refractivity contribution is 4.19. The maximum atomic E-state index is 10.4. The van der Waals surface area contributed by atoms with Crippen LogP contribution in [0.1, 0.15) is 0 Å². The number of rotatable bonds is 0. The van der Waals surface area contributed by atoms with Crippen LogP contribution < -0.4 is 0 Å². The summed E-state index contributed by atoms with van der Waals surface area (Å²) < 4.78 is 33.8. The lowest BCUT2D eigenvalue weighted by Crippen LogP contribution is -2.06. The minimum absolute atomic E-state index is 2.44. The molecule has 4 heteroatoms. The van der Waals surface area contributed by atoms with Gasteiger partial charge >= 0.3 is 6.36 Å². The molecule has 0 aromatic carbocycles. The van der Waals surface area contributed by atoms with Crippen molar-refractivity contribution in [1.82, 2.24) is 0 Å². The van der Waals surface area contributed by atoms with Gasteiger partial charge in [-0.25, -0.2) is 0 Å². The van der Waals surface area contributed by atoms with Gasteiger partial charge < -0.3 is 0 Å². The Morgan fingerprint density at radius 1 is 1.33 bits per heavy atom. The summed E-state index contributed by atoms with van der Waals surface area (Å²) >= 11 is 0. The molecule has 0 unspecified atom stereocenters. The Morgan fingerprint density at radius 3 is 1.50 bits per heavy atom. The molecule has 0 heterocycles. The third kappa shape index (κ3) is 3.75. The van der Waals surface area contributed by atoms with Gasteiger partial charge in [-0.05, 0) is 0 Å². The highest BCUT2D eigenvalue weighted by atomic mass is 19.4. The van der Waals surface area contributed by atoms with Crippen LogP contribution in [0, 0.1) is 7.11 Å². The summed E-state index contributed by atoms with van der Waals surface area (Å²) in [7, 11) is 3.68. The molecule has 0 saturated carbocycles. The first-order valence-corrected chi connectivity index (χ1v) is 1.01. The monoisotopic (exact) mass is 98.0 g/mol. The summed E-state index contributed by atoms with van der Waals surface area (Å²) in [5.41, 5.74) is 0. The Morgan fingerprint density at radius 2 is 1.50 bits per heavy atom. The van der Waals surface area contributed by atoms with Gasteiger partial charge in [0.05, 0.1) is 0 Å². The van der Waals surface area contributed by atoms with Gasteiger partial charge in [0.25, 0.3) is 0 Å². The van der Waals surface area contributed by atoms with Crippen LogP contribution in [0.25, 0.3) is 0 Å². The fourth-order valence-corrected chi connectivity index (χ4v) is 0. The highest BCUT2D eigenvalue weighted by Crippen LogP contribution is 2.13. The van der Waals surface area contributed by atoms with Gasteiger partial charge in [-0.1, -0.05) is 0 Å². The van der Waals surface area contributed by atoms with Crippen LogP contribution in [0.3, 0.4) is 0 Å². The normalized spacial score (nSPS) is 12.0. The second kappa shape index (κ2) is 1.47. The standard InChI is InChI=1S/C2HF3O/c1-6-2(3,4)5/h1H. The zero-order valence-electron chi connectivity index (χ0n) is 2.62. The average molecular weight is 98.0 g/mol.